The number of aryl methyl sites for hydroxylation is 3. The molecule has 1 aliphatic heterocycles. The lowest BCUT2D eigenvalue weighted by atomic mass is 9.96. The van der Waals surface area contributed by atoms with E-state index in [2.05, 4.69) is 26.8 Å². The van der Waals surface area contributed by atoms with Crippen molar-refractivity contribution in [1.29, 1.82) is 0 Å². The number of carbonyl (C=O) groups excluding carboxylic acids is 1. The molecule has 7 heteroatoms. The number of piperidine rings is 1. The van der Waals surface area contributed by atoms with Crippen molar-refractivity contribution >= 4 is 5.91 Å². The fourth-order valence-corrected chi connectivity index (χ4v) is 3.66. The topological polar surface area (TPSA) is 77.1 Å². The van der Waals surface area contributed by atoms with Crippen LogP contribution in [0.4, 0.5) is 0 Å². The number of hydrogen-bond donors (Lipinski definition) is 0. The first-order valence-electron chi connectivity index (χ1n) is 9.17. The Morgan fingerprint density at radius 3 is 2.96 bits per heavy atom. The normalized spacial score (nSPS) is 17.9. The summed E-state index contributed by atoms with van der Waals surface area (Å²) in [5.41, 5.74) is 1.94. The third kappa shape index (κ3) is 3.91. The van der Waals surface area contributed by atoms with Crippen molar-refractivity contribution in [2.24, 2.45) is 0 Å². The van der Waals surface area contributed by atoms with Gasteiger partial charge in [0, 0.05) is 37.5 Å². The van der Waals surface area contributed by atoms with Gasteiger partial charge in [-0.3, -0.25) is 4.79 Å². The summed E-state index contributed by atoms with van der Waals surface area (Å²) in [4.78, 5) is 14.7. The molecule has 0 spiro atoms. The molecule has 1 saturated heterocycles. The Labute approximate surface area is 148 Å². The molecule has 3 heterocycles. The first-order chi connectivity index (χ1) is 12.1. The summed E-state index contributed by atoms with van der Waals surface area (Å²) in [6, 6.07) is 0. The van der Waals surface area contributed by atoms with Crippen molar-refractivity contribution in [1.82, 2.24) is 24.8 Å². The van der Waals surface area contributed by atoms with Crippen molar-refractivity contribution in [2.45, 2.75) is 65.3 Å². The maximum absolute atomic E-state index is 12.7. The molecule has 0 radical (unpaired) electrons. The fraction of sp³-hybridized carbons (Fsp3) is 0.667. The second kappa shape index (κ2) is 7.80. The van der Waals surface area contributed by atoms with Crippen LogP contribution in [0.5, 0.6) is 0 Å². The van der Waals surface area contributed by atoms with Gasteiger partial charge in [-0.25, -0.2) is 0 Å². The third-order valence-electron chi connectivity index (χ3n) is 5.02. The van der Waals surface area contributed by atoms with Crippen LogP contribution in [0.25, 0.3) is 0 Å². The van der Waals surface area contributed by atoms with Crippen LogP contribution >= 0.6 is 0 Å². The average Bonchev–Trinajstić information content (AvgIpc) is 3.20. The van der Waals surface area contributed by atoms with Gasteiger partial charge in [0.15, 0.2) is 0 Å². The minimum atomic E-state index is 0.200. The van der Waals surface area contributed by atoms with E-state index in [-0.39, 0.29) is 11.8 Å². The van der Waals surface area contributed by atoms with Crippen LogP contribution < -0.4 is 0 Å². The SMILES string of the molecule is CCCn1cnnc1C1CCCN(C(=O)CCc2c(C)noc2C)C1. The van der Waals surface area contributed by atoms with E-state index in [0.29, 0.717) is 12.8 Å². The maximum atomic E-state index is 12.7. The predicted molar refractivity (Wildman–Crippen MR) is 93.2 cm³/mol. The number of carbonyl (C=O) groups is 1. The molecular weight excluding hydrogens is 318 g/mol. The molecular formula is C18H27N5O2. The molecule has 7 nitrogen and oxygen atoms in total. The highest BCUT2D eigenvalue weighted by molar-refractivity contribution is 5.76. The monoisotopic (exact) mass is 345 g/mol. The molecule has 0 bridgehead atoms. The number of aromatic nitrogens is 4. The molecule has 2 aromatic rings. The van der Waals surface area contributed by atoms with Gasteiger partial charge in [-0.05, 0) is 39.5 Å². The summed E-state index contributed by atoms with van der Waals surface area (Å²) in [6.45, 7) is 8.47. The molecule has 1 unspecified atom stereocenters. The zero-order chi connectivity index (χ0) is 17.8. The van der Waals surface area contributed by atoms with Crippen LogP contribution in [0.1, 0.15) is 61.4 Å². The third-order valence-corrected chi connectivity index (χ3v) is 5.02. The number of likely N-dealkylation sites (tertiary alicyclic amines) is 1. The van der Waals surface area contributed by atoms with Crippen LogP contribution in [0.15, 0.2) is 10.9 Å². The molecule has 25 heavy (non-hydrogen) atoms. The number of rotatable bonds is 6. The average molecular weight is 345 g/mol. The second-order valence-electron chi connectivity index (χ2n) is 6.86. The summed E-state index contributed by atoms with van der Waals surface area (Å²) < 4.78 is 7.31. The Morgan fingerprint density at radius 2 is 2.24 bits per heavy atom. The van der Waals surface area contributed by atoms with E-state index in [1.54, 1.807) is 6.33 Å². The van der Waals surface area contributed by atoms with Crippen molar-refractivity contribution in [2.75, 3.05) is 13.1 Å². The summed E-state index contributed by atoms with van der Waals surface area (Å²) in [6.07, 6.45) is 6.12. The lowest BCUT2D eigenvalue weighted by Crippen LogP contribution is -2.39. The molecule has 136 valence electrons. The van der Waals surface area contributed by atoms with Gasteiger partial charge in [-0.15, -0.1) is 10.2 Å². The number of amides is 1. The molecule has 1 amide bonds. The van der Waals surface area contributed by atoms with Crippen molar-refractivity contribution in [3.63, 3.8) is 0 Å². The van der Waals surface area contributed by atoms with E-state index >= 15 is 0 Å². The number of hydrogen-bond acceptors (Lipinski definition) is 5. The van der Waals surface area contributed by atoms with Gasteiger partial charge < -0.3 is 14.0 Å². The van der Waals surface area contributed by atoms with Crippen molar-refractivity contribution in [3.05, 3.63) is 29.2 Å². The van der Waals surface area contributed by atoms with E-state index in [4.69, 9.17) is 4.52 Å². The molecule has 0 aromatic carbocycles. The molecule has 1 aliphatic rings. The van der Waals surface area contributed by atoms with E-state index in [1.165, 1.54) is 0 Å². The lowest BCUT2D eigenvalue weighted by Gasteiger charge is -2.32. The quantitative estimate of drug-likeness (QED) is 0.804. The predicted octanol–water partition coefficient (Wildman–Crippen LogP) is 2.63. The first-order valence-corrected chi connectivity index (χ1v) is 9.17. The Kier molecular flexibility index (Phi) is 5.50. The van der Waals surface area contributed by atoms with E-state index < -0.39 is 0 Å². The van der Waals surface area contributed by atoms with Gasteiger partial charge in [0.2, 0.25) is 5.91 Å². The molecule has 2 aromatic heterocycles. The first kappa shape index (κ1) is 17.6. The van der Waals surface area contributed by atoms with Crippen molar-refractivity contribution < 1.29 is 9.32 Å². The number of nitrogens with zero attached hydrogens (tertiary/aromatic N) is 5. The van der Waals surface area contributed by atoms with Gasteiger partial charge >= 0.3 is 0 Å². The largest absolute Gasteiger partial charge is 0.361 e. The van der Waals surface area contributed by atoms with Gasteiger partial charge in [0.05, 0.1) is 5.69 Å². The van der Waals surface area contributed by atoms with E-state index in [0.717, 1.165) is 61.7 Å². The Balaban J connectivity index is 1.61. The van der Waals surface area contributed by atoms with Crippen LogP contribution in [0.3, 0.4) is 0 Å². The zero-order valence-corrected chi connectivity index (χ0v) is 15.4. The molecule has 0 saturated carbocycles. The smallest absolute Gasteiger partial charge is 0.222 e. The molecule has 1 fully saturated rings. The van der Waals surface area contributed by atoms with Gasteiger partial charge in [0.25, 0.3) is 0 Å². The highest BCUT2D eigenvalue weighted by Gasteiger charge is 2.27. The highest BCUT2D eigenvalue weighted by Crippen LogP contribution is 2.26. The standard InChI is InChI=1S/C18H27N5O2/c1-4-9-23-12-19-20-18(23)15-6-5-10-22(11-15)17(24)8-7-16-13(2)21-25-14(16)3/h12,15H,4-11H2,1-3H3. The zero-order valence-electron chi connectivity index (χ0n) is 15.4. The van der Waals surface area contributed by atoms with E-state index in [9.17, 15) is 4.79 Å². The summed E-state index contributed by atoms with van der Waals surface area (Å²) >= 11 is 0. The minimum absolute atomic E-state index is 0.200. The van der Waals surface area contributed by atoms with Gasteiger partial charge in [-0.1, -0.05) is 12.1 Å². The minimum Gasteiger partial charge on any atom is -0.361 e. The second-order valence-corrected chi connectivity index (χ2v) is 6.86. The fourth-order valence-electron chi connectivity index (χ4n) is 3.66. The van der Waals surface area contributed by atoms with Crippen molar-refractivity contribution in [3.8, 4) is 0 Å². The molecule has 0 aliphatic carbocycles. The Bertz CT molecular complexity index is 701. The van der Waals surface area contributed by atoms with Crippen LogP contribution in [0, 0.1) is 13.8 Å². The van der Waals surface area contributed by atoms with Crippen LogP contribution in [-0.2, 0) is 17.8 Å². The Hall–Kier alpha value is -2.18. The summed E-state index contributed by atoms with van der Waals surface area (Å²) in [5.74, 6) is 2.32. The summed E-state index contributed by atoms with van der Waals surface area (Å²) in [5, 5.41) is 12.3. The van der Waals surface area contributed by atoms with Gasteiger partial charge in [-0.2, -0.15) is 0 Å². The summed E-state index contributed by atoms with van der Waals surface area (Å²) in [7, 11) is 0. The maximum Gasteiger partial charge on any atom is 0.222 e. The molecule has 3 rings (SSSR count). The molecule has 0 N–H and O–H groups in total. The van der Waals surface area contributed by atoms with Gasteiger partial charge in [0.1, 0.15) is 17.9 Å². The Morgan fingerprint density at radius 1 is 1.40 bits per heavy atom. The lowest BCUT2D eigenvalue weighted by molar-refractivity contribution is -0.132. The highest BCUT2D eigenvalue weighted by atomic mass is 16.5. The molecule has 1 atom stereocenters. The van der Waals surface area contributed by atoms with E-state index in [1.807, 2.05) is 18.7 Å². The van der Waals surface area contributed by atoms with Crippen LogP contribution in [0.2, 0.25) is 0 Å². The van der Waals surface area contributed by atoms with Crippen LogP contribution in [-0.4, -0.2) is 43.8 Å².